The second kappa shape index (κ2) is 5.91. The number of aliphatic hydroxyl groups is 4. The molecule has 0 amide bonds. The zero-order valence-corrected chi connectivity index (χ0v) is 11.5. The Hall–Kier alpha value is -0.790. The van der Waals surface area contributed by atoms with Gasteiger partial charge in [-0.05, 0) is 12.1 Å². The monoisotopic (exact) mass is 303 g/mol. The molecule has 8 heteroatoms. The highest BCUT2D eigenvalue weighted by atomic mass is 31.2. The molecule has 6 atom stereocenters. The summed E-state index contributed by atoms with van der Waals surface area (Å²) in [6.45, 7) is -0.696. The molecule has 2 rings (SSSR count). The molecule has 0 radical (unpaired) electrons. The molecule has 7 nitrogen and oxygen atoms in total. The maximum absolute atomic E-state index is 12.9. The summed E-state index contributed by atoms with van der Waals surface area (Å²) in [5.74, 6) is -1.30. The fourth-order valence-corrected chi connectivity index (χ4v) is 4.58. The van der Waals surface area contributed by atoms with E-state index >= 15 is 0 Å². The molecule has 1 aromatic carbocycles. The fourth-order valence-electron chi connectivity index (χ4n) is 2.18. The van der Waals surface area contributed by atoms with Crippen molar-refractivity contribution in [2.75, 3.05) is 6.61 Å². The first kappa shape index (κ1) is 15.6. The van der Waals surface area contributed by atoms with E-state index < -0.39 is 44.2 Å². The Labute approximate surface area is 116 Å². The van der Waals surface area contributed by atoms with Gasteiger partial charge in [0.05, 0.1) is 6.61 Å². The quantitative estimate of drug-likeness (QED) is 0.422. The molecule has 1 heterocycles. The van der Waals surface area contributed by atoms with Gasteiger partial charge in [-0.3, -0.25) is 4.57 Å². The van der Waals surface area contributed by atoms with Crippen molar-refractivity contribution in [1.82, 2.24) is 0 Å². The van der Waals surface area contributed by atoms with Gasteiger partial charge in [-0.15, -0.1) is 0 Å². The van der Waals surface area contributed by atoms with Crippen LogP contribution in [-0.2, 0) is 9.09 Å². The number of rotatable bonds is 3. The van der Waals surface area contributed by atoms with E-state index in [9.17, 15) is 19.9 Å². The minimum atomic E-state index is -3.68. The van der Waals surface area contributed by atoms with Crippen LogP contribution in [0.1, 0.15) is 0 Å². The highest BCUT2D eigenvalue weighted by Gasteiger charge is 2.52. The van der Waals surface area contributed by atoms with Crippen molar-refractivity contribution in [3.05, 3.63) is 30.3 Å². The van der Waals surface area contributed by atoms with Crippen molar-refractivity contribution >= 4 is 12.7 Å². The summed E-state index contributed by atoms with van der Waals surface area (Å²) in [7, 11) is -3.68. The van der Waals surface area contributed by atoms with Crippen molar-refractivity contribution in [1.29, 1.82) is 0 Å². The average Bonchev–Trinajstić information content (AvgIpc) is 2.49. The summed E-state index contributed by atoms with van der Waals surface area (Å²) >= 11 is 0. The topological polar surface area (TPSA) is 133 Å². The Balaban J connectivity index is 2.40. The minimum absolute atomic E-state index is 0.286. The molecule has 1 aliphatic heterocycles. The summed E-state index contributed by atoms with van der Waals surface area (Å²) in [6.07, 6.45) is -5.90. The van der Waals surface area contributed by atoms with Gasteiger partial charge in [-0.2, -0.15) is 0 Å². The number of benzene rings is 1. The Kier molecular flexibility index (Phi) is 4.61. The highest BCUT2D eigenvalue weighted by molar-refractivity contribution is 7.67. The molecule has 0 spiro atoms. The molecule has 112 valence electrons. The smallest absolute Gasteiger partial charge is 0.251 e. The largest absolute Gasteiger partial charge is 0.394 e. The number of aliphatic hydroxyl groups excluding tert-OH is 4. The van der Waals surface area contributed by atoms with Crippen LogP contribution in [-0.4, -0.2) is 57.2 Å². The lowest BCUT2D eigenvalue weighted by molar-refractivity contribution is -0.117. The van der Waals surface area contributed by atoms with Gasteiger partial charge in [-0.25, -0.2) is 0 Å². The summed E-state index contributed by atoms with van der Waals surface area (Å²) in [4.78, 5) is 0. The number of hydrogen-bond acceptors (Lipinski definition) is 7. The Morgan fingerprint density at radius 3 is 2.40 bits per heavy atom. The van der Waals surface area contributed by atoms with Crippen LogP contribution in [0.25, 0.3) is 0 Å². The van der Waals surface area contributed by atoms with E-state index in [1.54, 1.807) is 18.2 Å². The lowest BCUT2D eigenvalue weighted by atomic mass is 10.0. The Morgan fingerprint density at radius 2 is 1.85 bits per heavy atom. The molecule has 6 N–H and O–H groups in total. The van der Waals surface area contributed by atoms with Crippen LogP contribution >= 0.6 is 7.37 Å². The van der Waals surface area contributed by atoms with Crippen LogP contribution in [0.3, 0.4) is 0 Å². The van der Waals surface area contributed by atoms with Crippen molar-refractivity contribution in [3.8, 4) is 0 Å². The fraction of sp³-hybridized carbons (Fsp3) is 0.500. The average molecular weight is 303 g/mol. The number of nitrogens with two attached hydrogens (primary N) is 1. The van der Waals surface area contributed by atoms with Crippen LogP contribution in [0.2, 0.25) is 0 Å². The van der Waals surface area contributed by atoms with Gasteiger partial charge in [0.15, 0.2) is 0 Å². The van der Waals surface area contributed by atoms with Crippen LogP contribution in [0.15, 0.2) is 30.3 Å². The van der Waals surface area contributed by atoms with Crippen LogP contribution in [0, 0.1) is 0 Å². The maximum atomic E-state index is 12.9. The summed E-state index contributed by atoms with van der Waals surface area (Å²) in [5.41, 5.74) is 5.74. The van der Waals surface area contributed by atoms with E-state index in [0.29, 0.717) is 0 Å². The van der Waals surface area contributed by atoms with Gasteiger partial charge < -0.3 is 30.7 Å². The summed E-state index contributed by atoms with van der Waals surface area (Å²) in [6, 6.07) is 8.07. The number of hydrogen-bond donors (Lipinski definition) is 5. The van der Waals surface area contributed by atoms with Crippen LogP contribution in [0.4, 0.5) is 0 Å². The second-order valence-electron chi connectivity index (χ2n) is 4.72. The van der Waals surface area contributed by atoms with Crippen molar-refractivity contribution in [2.45, 2.75) is 30.2 Å². The first-order chi connectivity index (χ1) is 9.41. The first-order valence-corrected chi connectivity index (χ1v) is 7.85. The van der Waals surface area contributed by atoms with Crippen molar-refractivity contribution in [2.24, 2.45) is 5.73 Å². The molecule has 0 bridgehead atoms. The molecule has 1 aliphatic rings. The molecule has 0 unspecified atom stereocenters. The van der Waals surface area contributed by atoms with E-state index in [1.165, 1.54) is 12.1 Å². The second-order valence-corrected chi connectivity index (χ2v) is 7.24. The van der Waals surface area contributed by atoms with Gasteiger partial charge in [0, 0.05) is 5.30 Å². The molecule has 0 aromatic heterocycles. The van der Waals surface area contributed by atoms with Crippen LogP contribution < -0.4 is 11.0 Å². The van der Waals surface area contributed by atoms with Gasteiger partial charge in [0.2, 0.25) is 0 Å². The SMILES string of the molecule is N[C@H]1[C@@H](O)[C@@H](O)[C@@H]([C@H](O)CO)O[P@@]1(=O)c1ccccc1. The third kappa shape index (κ3) is 2.54. The molecule has 0 aliphatic carbocycles. The molecular formula is C12H18NO6P. The van der Waals surface area contributed by atoms with Crippen LogP contribution in [0.5, 0.6) is 0 Å². The van der Waals surface area contributed by atoms with Crippen molar-refractivity contribution in [3.63, 3.8) is 0 Å². The Bertz CT molecular complexity index is 498. The summed E-state index contributed by atoms with van der Waals surface area (Å²) < 4.78 is 18.3. The predicted molar refractivity (Wildman–Crippen MR) is 71.6 cm³/mol. The maximum Gasteiger partial charge on any atom is 0.251 e. The van der Waals surface area contributed by atoms with E-state index in [1.807, 2.05) is 0 Å². The zero-order chi connectivity index (χ0) is 14.9. The third-order valence-electron chi connectivity index (χ3n) is 3.39. The van der Waals surface area contributed by atoms with Gasteiger partial charge in [0.1, 0.15) is 30.2 Å². The first-order valence-electron chi connectivity index (χ1n) is 6.16. The van der Waals surface area contributed by atoms with E-state index in [0.717, 1.165) is 0 Å². The minimum Gasteiger partial charge on any atom is -0.394 e. The van der Waals surface area contributed by atoms with E-state index in [-0.39, 0.29) is 5.30 Å². The van der Waals surface area contributed by atoms with Gasteiger partial charge >= 0.3 is 0 Å². The molecular weight excluding hydrogens is 285 g/mol. The third-order valence-corrected chi connectivity index (χ3v) is 6.05. The summed E-state index contributed by atoms with van der Waals surface area (Å²) in [5, 5.41) is 38.6. The normalized spacial score (nSPS) is 39.5. The standard InChI is InChI=1S/C12H18NO6P/c13-12-10(17)9(16)11(8(15)6-14)19-20(12,18)7-4-2-1-3-5-7/h1-5,8-12,14-17H,6,13H2/t8-,9-,10+,11-,12-,20+/m1/s1. The highest BCUT2D eigenvalue weighted by Crippen LogP contribution is 2.55. The van der Waals surface area contributed by atoms with Crippen molar-refractivity contribution < 1.29 is 29.5 Å². The Morgan fingerprint density at radius 1 is 1.25 bits per heavy atom. The molecule has 20 heavy (non-hydrogen) atoms. The molecule has 1 aromatic rings. The van der Waals surface area contributed by atoms with Gasteiger partial charge in [-0.1, -0.05) is 18.2 Å². The molecule has 0 saturated carbocycles. The van der Waals surface area contributed by atoms with Gasteiger partial charge in [0.25, 0.3) is 7.37 Å². The van der Waals surface area contributed by atoms with E-state index in [4.69, 9.17) is 15.4 Å². The lowest BCUT2D eigenvalue weighted by Crippen LogP contribution is -2.58. The molecule has 1 saturated heterocycles. The predicted octanol–water partition coefficient (Wildman–Crippen LogP) is -1.65. The van der Waals surface area contributed by atoms with E-state index in [2.05, 4.69) is 0 Å². The molecule has 1 fully saturated rings. The zero-order valence-electron chi connectivity index (χ0n) is 10.6. The lowest BCUT2D eigenvalue weighted by Gasteiger charge is -2.42.